The molecular formula is C11H15N. The van der Waals surface area contributed by atoms with E-state index in [9.17, 15) is 0 Å². The lowest BCUT2D eigenvalue weighted by Crippen LogP contribution is -1.93. The van der Waals surface area contributed by atoms with Crippen LogP contribution in [0.5, 0.6) is 0 Å². The first kappa shape index (κ1) is 7.78. The van der Waals surface area contributed by atoms with E-state index in [2.05, 4.69) is 31.0 Å². The molecule has 1 heterocycles. The zero-order valence-electron chi connectivity index (χ0n) is 7.70. The van der Waals surface area contributed by atoms with Gasteiger partial charge in [0.15, 0.2) is 0 Å². The molecule has 2 atom stereocenters. The van der Waals surface area contributed by atoms with Crippen LogP contribution in [0.3, 0.4) is 0 Å². The van der Waals surface area contributed by atoms with Gasteiger partial charge in [0.2, 0.25) is 0 Å². The van der Waals surface area contributed by atoms with Gasteiger partial charge in [-0.05, 0) is 30.4 Å². The number of hydrogen-bond acceptors (Lipinski definition) is 1. The van der Waals surface area contributed by atoms with E-state index in [-0.39, 0.29) is 0 Å². The fourth-order valence-corrected chi connectivity index (χ4v) is 1.89. The van der Waals surface area contributed by atoms with E-state index in [1.807, 2.05) is 12.3 Å². The molecule has 1 aromatic rings. The van der Waals surface area contributed by atoms with Crippen LogP contribution in [0.1, 0.15) is 31.9 Å². The molecule has 1 aromatic heterocycles. The first-order valence-corrected chi connectivity index (χ1v) is 4.70. The van der Waals surface area contributed by atoms with Gasteiger partial charge in [-0.3, -0.25) is 4.98 Å². The van der Waals surface area contributed by atoms with Gasteiger partial charge in [0, 0.05) is 17.8 Å². The van der Waals surface area contributed by atoms with Crippen molar-refractivity contribution in [3.63, 3.8) is 0 Å². The van der Waals surface area contributed by atoms with Crippen LogP contribution >= 0.6 is 0 Å². The van der Waals surface area contributed by atoms with Crippen molar-refractivity contribution in [3.05, 3.63) is 30.1 Å². The summed E-state index contributed by atoms with van der Waals surface area (Å²) < 4.78 is 0. The third-order valence-electron chi connectivity index (χ3n) is 2.76. The van der Waals surface area contributed by atoms with Gasteiger partial charge in [-0.2, -0.15) is 0 Å². The average Bonchev–Trinajstić information content (AvgIpc) is 2.84. The van der Waals surface area contributed by atoms with Gasteiger partial charge in [0.25, 0.3) is 0 Å². The third kappa shape index (κ3) is 1.36. The van der Waals surface area contributed by atoms with Gasteiger partial charge in [-0.25, -0.2) is 0 Å². The molecule has 1 aliphatic carbocycles. The highest BCUT2D eigenvalue weighted by atomic mass is 14.7. The first-order chi connectivity index (χ1) is 5.79. The van der Waals surface area contributed by atoms with Crippen LogP contribution < -0.4 is 0 Å². The van der Waals surface area contributed by atoms with Crippen molar-refractivity contribution in [1.29, 1.82) is 0 Å². The molecule has 64 valence electrons. The summed E-state index contributed by atoms with van der Waals surface area (Å²) in [7, 11) is 0. The molecule has 1 nitrogen and oxygen atoms in total. The van der Waals surface area contributed by atoms with Crippen LogP contribution in [0, 0.1) is 11.8 Å². The summed E-state index contributed by atoms with van der Waals surface area (Å²) in [5.41, 5.74) is 1.29. The Kier molecular flexibility index (Phi) is 1.87. The Morgan fingerprint density at radius 1 is 1.42 bits per heavy atom. The SMILES string of the molecule is CC(C)[C@H]1CC1c1ccccn1. The van der Waals surface area contributed by atoms with Crippen molar-refractivity contribution in [1.82, 2.24) is 4.98 Å². The van der Waals surface area contributed by atoms with Crippen LogP contribution in [0.25, 0.3) is 0 Å². The molecule has 0 amide bonds. The summed E-state index contributed by atoms with van der Waals surface area (Å²) in [5.74, 6) is 2.46. The minimum atomic E-state index is 0.756. The van der Waals surface area contributed by atoms with Gasteiger partial charge in [-0.1, -0.05) is 19.9 Å². The fourth-order valence-electron chi connectivity index (χ4n) is 1.89. The number of hydrogen-bond donors (Lipinski definition) is 0. The van der Waals surface area contributed by atoms with Gasteiger partial charge >= 0.3 is 0 Å². The standard InChI is InChI=1S/C11H15N/c1-8(2)9-7-10(9)11-5-3-4-6-12-11/h3-6,8-10H,7H2,1-2H3/t9-,10?/m1/s1. The molecule has 0 aliphatic heterocycles. The van der Waals surface area contributed by atoms with Crippen LogP contribution in [0.15, 0.2) is 24.4 Å². The number of nitrogens with zero attached hydrogens (tertiary/aromatic N) is 1. The average molecular weight is 161 g/mol. The largest absolute Gasteiger partial charge is 0.261 e. The number of pyridine rings is 1. The Labute approximate surface area is 73.8 Å². The lowest BCUT2D eigenvalue weighted by atomic mass is 10.1. The third-order valence-corrected chi connectivity index (χ3v) is 2.76. The van der Waals surface area contributed by atoms with Crippen molar-refractivity contribution in [3.8, 4) is 0 Å². The molecule has 0 aromatic carbocycles. The molecule has 0 N–H and O–H groups in total. The first-order valence-electron chi connectivity index (χ1n) is 4.70. The smallest absolute Gasteiger partial charge is 0.0437 e. The zero-order chi connectivity index (χ0) is 8.55. The maximum Gasteiger partial charge on any atom is 0.0437 e. The van der Waals surface area contributed by atoms with Gasteiger partial charge in [0.1, 0.15) is 0 Å². The van der Waals surface area contributed by atoms with E-state index in [0.29, 0.717) is 0 Å². The lowest BCUT2D eigenvalue weighted by molar-refractivity contribution is 0.546. The summed E-state index contributed by atoms with van der Waals surface area (Å²) in [4.78, 5) is 4.37. The Morgan fingerprint density at radius 2 is 2.25 bits per heavy atom. The summed E-state index contributed by atoms with van der Waals surface area (Å²) in [6.07, 6.45) is 3.24. The van der Waals surface area contributed by atoms with Crippen LogP contribution in [-0.2, 0) is 0 Å². The quantitative estimate of drug-likeness (QED) is 0.650. The van der Waals surface area contributed by atoms with Crippen LogP contribution in [-0.4, -0.2) is 4.98 Å². The highest BCUT2D eigenvalue weighted by molar-refractivity contribution is 5.18. The summed E-state index contributed by atoms with van der Waals surface area (Å²) in [6.45, 7) is 4.60. The highest BCUT2D eigenvalue weighted by Crippen LogP contribution is 2.50. The summed E-state index contributed by atoms with van der Waals surface area (Å²) >= 11 is 0. The van der Waals surface area contributed by atoms with Crippen molar-refractivity contribution in [2.45, 2.75) is 26.2 Å². The normalized spacial score (nSPS) is 27.6. The predicted octanol–water partition coefficient (Wildman–Crippen LogP) is 2.84. The van der Waals surface area contributed by atoms with Gasteiger partial charge in [0.05, 0.1) is 0 Å². The van der Waals surface area contributed by atoms with E-state index < -0.39 is 0 Å². The van der Waals surface area contributed by atoms with Crippen molar-refractivity contribution >= 4 is 0 Å². The second kappa shape index (κ2) is 2.89. The van der Waals surface area contributed by atoms with Crippen molar-refractivity contribution < 1.29 is 0 Å². The molecule has 0 saturated heterocycles. The zero-order valence-corrected chi connectivity index (χ0v) is 7.70. The van der Waals surface area contributed by atoms with Crippen LogP contribution in [0.4, 0.5) is 0 Å². The molecule has 0 radical (unpaired) electrons. The molecule has 1 heteroatoms. The maximum atomic E-state index is 4.37. The summed E-state index contributed by atoms with van der Waals surface area (Å²) in [5, 5.41) is 0. The van der Waals surface area contributed by atoms with Gasteiger partial charge in [-0.15, -0.1) is 0 Å². The summed E-state index contributed by atoms with van der Waals surface area (Å²) in [6, 6.07) is 6.21. The minimum absolute atomic E-state index is 0.756. The molecule has 1 aliphatic rings. The molecule has 1 fully saturated rings. The van der Waals surface area contributed by atoms with E-state index >= 15 is 0 Å². The lowest BCUT2D eigenvalue weighted by Gasteiger charge is -2.01. The van der Waals surface area contributed by atoms with E-state index in [1.165, 1.54) is 12.1 Å². The van der Waals surface area contributed by atoms with Crippen molar-refractivity contribution in [2.75, 3.05) is 0 Å². The maximum absolute atomic E-state index is 4.37. The monoisotopic (exact) mass is 161 g/mol. The molecule has 1 unspecified atom stereocenters. The topological polar surface area (TPSA) is 12.9 Å². The van der Waals surface area contributed by atoms with E-state index in [4.69, 9.17) is 0 Å². The Bertz CT molecular complexity index is 253. The fraction of sp³-hybridized carbons (Fsp3) is 0.545. The second-order valence-corrected chi connectivity index (χ2v) is 4.00. The predicted molar refractivity (Wildman–Crippen MR) is 49.9 cm³/mol. The Morgan fingerprint density at radius 3 is 2.75 bits per heavy atom. The molecule has 0 bridgehead atoms. The number of rotatable bonds is 2. The number of aromatic nitrogens is 1. The van der Waals surface area contributed by atoms with Crippen molar-refractivity contribution in [2.24, 2.45) is 11.8 Å². The second-order valence-electron chi connectivity index (χ2n) is 4.00. The molecule has 0 spiro atoms. The molecule has 2 rings (SSSR count). The Hall–Kier alpha value is -0.850. The molecular weight excluding hydrogens is 146 g/mol. The Balaban J connectivity index is 2.06. The minimum Gasteiger partial charge on any atom is -0.261 e. The van der Waals surface area contributed by atoms with E-state index in [1.54, 1.807) is 0 Å². The van der Waals surface area contributed by atoms with Crippen LogP contribution in [0.2, 0.25) is 0 Å². The highest BCUT2D eigenvalue weighted by Gasteiger charge is 2.40. The molecule has 12 heavy (non-hydrogen) atoms. The molecule has 1 saturated carbocycles. The van der Waals surface area contributed by atoms with E-state index in [0.717, 1.165) is 17.8 Å². The van der Waals surface area contributed by atoms with Gasteiger partial charge < -0.3 is 0 Å².